The molecule has 0 spiro atoms. The van der Waals surface area contributed by atoms with Crippen LogP contribution in [0.5, 0.6) is 11.5 Å². The molecule has 1 aromatic rings. The third-order valence-corrected chi connectivity index (χ3v) is 4.90. The number of nitrogens with zero attached hydrogens (tertiary/aromatic N) is 2. The molecule has 1 aliphatic carbocycles. The van der Waals surface area contributed by atoms with E-state index in [1.807, 2.05) is 18.2 Å². The first-order valence-corrected chi connectivity index (χ1v) is 8.42. The molecule has 1 heterocycles. The van der Waals surface area contributed by atoms with Crippen LogP contribution in [-0.2, 0) is 4.79 Å². The molecule has 1 amide bonds. The summed E-state index contributed by atoms with van der Waals surface area (Å²) in [7, 11) is 3.25. The number of hydrogen-bond acceptors (Lipinski definition) is 4. The molecule has 5 nitrogen and oxygen atoms in total. The van der Waals surface area contributed by atoms with Crippen LogP contribution in [0.2, 0.25) is 0 Å². The Morgan fingerprint density at radius 2 is 1.92 bits per heavy atom. The van der Waals surface area contributed by atoms with Crippen molar-refractivity contribution in [3.63, 3.8) is 0 Å². The zero-order chi connectivity index (χ0) is 17.1. The maximum atomic E-state index is 12.7. The fraction of sp³-hybridized carbons (Fsp3) is 0.474. The zero-order valence-corrected chi connectivity index (χ0v) is 14.3. The molecule has 0 N–H and O–H groups in total. The van der Waals surface area contributed by atoms with Crippen LogP contribution < -0.4 is 9.47 Å². The van der Waals surface area contributed by atoms with Crippen molar-refractivity contribution in [3.05, 3.63) is 36.4 Å². The highest BCUT2D eigenvalue weighted by Crippen LogP contribution is 2.38. The lowest BCUT2D eigenvalue weighted by Crippen LogP contribution is -2.46. The number of carbonyl (C=O) groups excluding carboxylic acids is 1. The molecule has 2 aliphatic rings. The summed E-state index contributed by atoms with van der Waals surface area (Å²) < 4.78 is 10.7. The predicted octanol–water partition coefficient (Wildman–Crippen LogP) is 3.24. The summed E-state index contributed by atoms with van der Waals surface area (Å²) in [5, 5.41) is 6.23. The SMILES string of the molecule is C=CCN1N=C(c2ccc(OC)c(OC)c2)[C@@H]2CCCC[C@@H]2C1=O. The van der Waals surface area contributed by atoms with Gasteiger partial charge in [0.25, 0.3) is 0 Å². The summed E-state index contributed by atoms with van der Waals surface area (Å²) in [5.41, 5.74) is 1.97. The first-order chi connectivity index (χ1) is 11.7. The average molecular weight is 328 g/mol. The van der Waals surface area contributed by atoms with E-state index in [0.717, 1.165) is 37.0 Å². The summed E-state index contributed by atoms with van der Waals surface area (Å²) >= 11 is 0. The largest absolute Gasteiger partial charge is 0.493 e. The van der Waals surface area contributed by atoms with Gasteiger partial charge in [0.05, 0.1) is 26.5 Å². The Balaban J connectivity index is 2.04. The normalized spacial score (nSPS) is 23.3. The van der Waals surface area contributed by atoms with Gasteiger partial charge in [-0.1, -0.05) is 18.9 Å². The van der Waals surface area contributed by atoms with Gasteiger partial charge in [-0.15, -0.1) is 6.58 Å². The molecule has 128 valence electrons. The Morgan fingerprint density at radius 1 is 1.21 bits per heavy atom. The van der Waals surface area contributed by atoms with Gasteiger partial charge in [0.1, 0.15) is 0 Å². The van der Waals surface area contributed by atoms with E-state index in [1.54, 1.807) is 25.3 Å². The first-order valence-electron chi connectivity index (χ1n) is 8.42. The number of amides is 1. The Morgan fingerprint density at radius 3 is 2.58 bits per heavy atom. The van der Waals surface area contributed by atoms with E-state index < -0.39 is 0 Å². The van der Waals surface area contributed by atoms with Gasteiger partial charge in [-0.05, 0) is 31.0 Å². The van der Waals surface area contributed by atoms with Crippen molar-refractivity contribution >= 4 is 11.6 Å². The molecule has 2 atom stereocenters. The summed E-state index contributed by atoms with van der Waals surface area (Å²) in [6.07, 6.45) is 5.90. The number of hydrogen-bond donors (Lipinski definition) is 0. The zero-order valence-electron chi connectivity index (χ0n) is 14.3. The summed E-state index contributed by atoms with van der Waals surface area (Å²) in [6.45, 7) is 4.18. The van der Waals surface area contributed by atoms with Gasteiger partial charge in [0.15, 0.2) is 11.5 Å². The van der Waals surface area contributed by atoms with Crippen LogP contribution in [0.1, 0.15) is 31.2 Å². The van der Waals surface area contributed by atoms with Crippen LogP contribution >= 0.6 is 0 Å². The van der Waals surface area contributed by atoms with Crippen molar-refractivity contribution < 1.29 is 14.3 Å². The minimum Gasteiger partial charge on any atom is -0.493 e. The lowest BCUT2D eigenvalue weighted by molar-refractivity contribution is -0.138. The number of benzene rings is 1. The third-order valence-electron chi connectivity index (χ3n) is 4.90. The Bertz CT molecular complexity index is 669. The number of ether oxygens (including phenoxy) is 2. The van der Waals surface area contributed by atoms with Crippen LogP contribution in [0.15, 0.2) is 36.0 Å². The first kappa shape index (κ1) is 16.6. The lowest BCUT2D eigenvalue weighted by atomic mass is 9.73. The molecule has 1 fully saturated rings. The van der Waals surface area contributed by atoms with Crippen LogP contribution in [0, 0.1) is 11.8 Å². The molecular formula is C19H24N2O3. The van der Waals surface area contributed by atoms with Crippen molar-refractivity contribution in [2.75, 3.05) is 20.8 Å². The van der Waals surface area contributed by atoms with E-state index in [0.29, 0.717) is 18.0 Å². The van der Waals surface area contributed by atoms with E-state index in [4.69, 9.17) is 9.47 Å². The van der Waals surface area contributed by atoms with Gasteiger partial charge in [0.2, 0.25) is 5.91 Å². The smallest absolute Gasteiger partial charge is 0.246 e. The van der Waals surface area contributed by atoms with Crippen molar-refractivity contribution in [1.82, 2.24) is 5.01 Å². The van der Waals surface area contributed by atoms with Crippen LogP contribution in [0.3, 0.4) is 0 Å². The maximum absolute atomic E-state index is 12.7. The molecule has 0 unspecified atom stereocenters. The summed E-state index contributed by atoms with van der Waals surface area (Å²) in [4.78, 5) is 12.7. The van der Waals surface area contributed by atoms with Crippen LogP contribution in [0.4, 0.5) is 0 Å². The van der Waals surface area contributed by atoms with Crippen LogP contribution in [0.25, 0.3) is 0 Å². The molecule has 5 heteroatoms. The molecule has 3 rings (SSSR count). The molecule has 1 aliphatic heterocycles. The lowest BCUT2D eigenvalue weighted by Gasteiger charge is -2.38. The number of hydrazone groups is 1. The predicted molar refractivity (Wildman–Crippen MR) is 93.4 cm³/mol. The molecule has 24 heavy (non-hydrogen) atoms. The monoisotopic (exact) mass is 328 g/mol. The van der Waals surface area contributed by atoms with E-state index in [-0.39, 0.29) is 17.7 Å². The van der Waals surface area contributed by atoms with Gasteiger partial charge < -0.3 is 9.47 Å². The van der Waals surface area contributed by atoms with Crippen LogP contribution in [-0.4, -0.2) is 37.4 Å². The van der Waals surface area contributed by atoms with Gasteiger partial charge >= 0.3 is 0 Å². The quantitative estimate of drug-likeness (QED) is 0.780. The van der Waals surface area contributed by atoms with E-state index >= 15 is 0 Å². The highest BCUT2D eigenvalue weighted by atomic mass is 16.5. The molecule has 0 saturated heterocycles. The Hall–Kier alpha value is -2.30. The second-order valence-corrected chi connectivity index (χ2v) is 6.26. The number of rotatable bonds is 5. The van der Waals surface area contributed by atoms with Gasteiger partial charge in [-0.25, -0.2) is 5.01 Å². The second kappa shape index (κ2) is 7.07. The van der Waals surface area contributed by atoms with E-state index in [2.05, 4.69) is 11.7 Å². The standard InChI is InChI=1S/C19H24N2O3/c1-4-11-21-19(22)15-8-6-5-7-14(15)18(20-21)13-9-10-16(23-2)17(12-13)24-3/h4,9-10,12,14-15H,1,5-8,11H2,2-3H3/t14-,15+/m1/s1. The fourth-order valence-corrected chi connectivity index (χ4v) is 3.72. The molecular weight excluding hydrogens is 304 g/mol. The Labute approximate surface area is 142 Å². The molecule has 1 saturated carbocycles. The molecule has 1 aromatic carbocycles. The highest BCUT2D eigenvalue weighted by molar-refractivity contribution is 6.07. The number of carbonyl (C=O) groups is 1. The summed E-state index contributed by atoms with van der Waals surface area (Å²) in [6, 6.07) is 5.84. The minimum absolute atomic E-state index is 0.0271. The minimum atomic E-state index is 0.0271. The van der Waals surface area contributed by atoms with Crippen molar-refractivity contribution in [2.45, 2.75) is 25.7 Å². The maximum Gasteiger partial charge on any atom is 0.246 e. The van der Waals surface area contributed by atoms with Gasteiger partial charge in [-0.2, -0.15) is 5.10 Å². The average Bonchev–Trinajstić information content (AvgIpc) is 2.63. The highest BCUT2D eigenvalue weighted by Gasteiger charge is 2.40. The third kappa shape index (κ3) is 2.90. The molecule has 0 bridgehead atoms. The Kier molecular flexibility index (Phi) is 4.88. The van der Waals surface area contributed by atoms with Gasteiger partial charge in [0, 0.05) is 17.4 Å². The number of methoxy groups -OCH3 is 2. The molecule has 0 radical (unpaired) electrons. The van der Waals surface area contributed by atoms with Crippen molar-refractivity contribution in [1.29, 1.82) is 0 Å². The van der Waals surface area contributed by atoms with Gasteiger partial charge in [-0.3, -0.25) is 4.79 Å². The molecule has 0 aromatic heterocycles. The summed E-state index contributed by atoms with van der Waals surface area (Å²) in [5.74, 6) is 1.71. The topological polar surface area (TPSA) is 51.1 Å². The van der Waals surface area contributed by atoms with E-state index in [9.17, 15) is 4.79 Å². The number of fused-ring (bicyclic) bond motifs is 1. The fourth-order valence-electron chi connectivity index (χ4n) is 3.72. The second-order valence-electron chi connectivity index (χ2n) is 6.26. The van der Waals surface area contributed by atoms with Crippen molar-refractivity contribution in [2.24, 2.45) is 16.9 Å². The van der Waals surface area contributed by atoms with Crippen molar-refractivity contribution in [3.8, 4) is 11.5 Å². The van der Waals surface area contributed by atoms with E-state index in [1.165, 1.54) is 0 Å².